The van der Waals surface area contributed by atoms with Gasteiger partial charge in [-0.1, -0.05) is 11.6 Å². The monoisotopic (exact) mass is 338 g/mol. The Labute approximate surface area is 143 Å². The molecule has 23 heavy (non-hydrogen) atoms. The number of hydrogen-bond donors (Lipinski definition) is 2. The molecule has 0 spiro atoms. The molecule has 1 aromatic heterocycles. The summed E-state index contributed by atoms with van der Waals surface area (Å²) >= 11 is 6.17. The Kier molecular flexibility index (Phi) is 6.96. The van der Waals surface area contributed by atoms with Gasteiger partial charge in [0.2, 0.25) is 0 Å². The lowest BCUT2D eigenvalue weighted by Crippen LogP contribution is -3.14. The van der Waals surface area contributed by atoms with Crippen molar-refractivity contribution in [3.05, 3.63) is 41.1 Å². The molecule has 0 amide bonds. The van der Waals surface area contributed by atoms with Gasteiger partial charge in [0, 0.05) is 5.56 Å². The molecule has 2 aromatic rings. The third-order valence-corrected chi connectivity index (χ3v) is 4.44. The molecule has 0 bridgehead atoms. The third kappa shape index (κ3) is 4.99. The number of rotatable bonds is 9. The van der Waals surface area contributed by atoms with Crippen molar-refractivity contribution in [1.82, 2.24) is 0 Å². The van der Waals surface area contributed by atoms with Crippen molar-refractivity contribution in [3.63, 3.8) is 0 Å². The summed E-state index contributed by atoms with van der Waals surface area (Å²) in [4.78, 5) is 1.63. The highest BCUT2D eigenvalue weighted by atomic mass is 35.5. The lowest BCUT2D eigenvalue weighted by Gasteiger charge is -2.13. The molecule has 0 fully saturated rings. The van der Waals surface area contributed by atoms with Gasteiger partial charge in [0.1, 0.15) is 31.1 Å². The van der Waals surface area contributed by atoms with Crippen LogP contribution >= 0.6 is 11.6 Å². The van der Waals surface area contributed by atoms with Gasteiger partial charge in [-0.3, -0.25) is 0 Å². The summed E-state index contributed by atoms with van der Waals surface area (Å²) < 4.78 is 11.1. The maximum Gasteiger partial charge on any atom is 0.158 e. The van der Waals surface area contributed by atoms with Gasteiger partial charge in [-0.25, -0.2) is 0 Å². The minimum atomic E-state index is 0.594. The Morgan fingerprint density at radius 2 is 1.96 bits per heavy atom. The Hall–Kier alpha value is -1.49. The molecule has 0 aliphatic rings. The van der Waals surface area contributed by atoms with E-state index < -0.39 is 0 Å². The van der Waals surface area contributed by atoms with Gasteiger partial charge in [-0.05, 0) is 44.2 Å². The Balaban J connectivity index is 1.89. The van der Waals surface area contributed by atoms with E-state index in [0.717, 1.165) is 30.2 Å². The van der Waals surface area contributed by atoms with Crippen LogP contribution < -0.4 is 15.0 Å². The lowest BCUT2D eigenvalue weighted by atomic mass is 10.2. The molecule has 0 saturated heterocycles. The number of likely N-dealkylation sites (N-methyl/N-ethyl adjacent to an activating group) is 1. The number of methoxy groups -OCH3 is 1. The van der Waals surface area contributed by atoms with Crippen LogP contribution in [0.15, 0.2) is 34.7 Å². The normalized spacial score (nSPS) is 11.2. The molecule has 0 aliphatic heterocycles. The number of benzene rings is 1. The highest BCUT2D eigenvalue weighted by molar-refractivity contribution is 6.32. The van der Waals surface area contributed by atoms with E-state index in [4.69, 9.17) is 20.8 Å². The summed E-state index contributed by atoms with van der Waals surface area (Å²) in [6.07, 6.45) is 0. The zero-order chi connectivity index (χ0) is 16.7. The molecule has 4 nitrogen and oxygen atoms in total. The van der Waals surface area contributed by atoms with Crippen LogP contribution in [-0.2, 0) is 6.54 Å². The number of hydrogen-bond acceptors (Lipinski definition) is 2. The van der Waals surface area contributed by atoms with Gasteiger partial charge in [-0.2, -0.15) is 0 Å². The summed E-state index contributed by atoms with van der Waals surface area (Å²) in [5.74, 6) is 2.50. The van der Waals surface area contributed by atoms with E-state index in [2.05, 4.69) is 19.2 Å². The van der Waals surface area contributed by atoms with Crippen LogP contribution in [0.1, 0.15) is 19.6 Å². The number of nitrogens with two attached hydrogens (primary N) is 1. The first kappa shape index (κ1) is 17.9. The van der Waals surface area contributed by atoms with Crippen LogP contribution in [0, 0.1) is 0 Å². The van der Waals surface area contributed by atoms with E-state index in [-0.39, 0.29) is 0 Å². The number of halogens is 1. The topological polar surface area (TPSA) is 43.4 Å². The van der Waals surface area contributed by atoms with E-state index in [1.165, 1.54) is 19.6 Å². The largest absolute Gasteiger partial charge is 0.495 e. The standard InChI is InChI=1S/C18H25ClN2O2/c1-4-21(5-2)11-10-20-13-15-7-9-17(23-15)14-6-8-18(22-3)16(19)12-14/h6-9,12,20H,4-5,10-11,13H2,1-3H3/p+2. The lowest BCUT2D eigenvalue weighted by molar-refractivity contribution is -0.910. The molecule has 1 heterocycles. The molecule has 0 unspecified atom stereocenters. The van der Waals surface area contributed by atoms with Crippen molar-refractivity contribution in [1.29, 1.82) is 0 Å². The predicted molar refractivity (Wildman–Crippen MR) is 93.1 cm³/mol. The van der Waals surface area contributed by atoms with Gasteiger partial charge >= 0.3 is 0 Å². The summed E-state index contributed by atoms with van der Waals surface area (Å²) in [6.45, 7) is 10.0. The van der Waals surface area contributed by atoms with Crippen molar-refractivity contribution >= 4 is 11.6 Å². The zero-order valence-electron chi connectivity index (χ0n) is 14.2. The summed E-state index contributed by atoms with van der Waals surface area (Å²) in [7, 11) is 1.61. The van der Waals surface area contributed by atoms with Crippen LogP contribution in [-0.4, -0.2) is 33.3 Å². The highest BCUT2D eigenvalue weighted by Crippen LogP contribution is 2.30. The average Bonchev–Trinajstić information content (AvgIpc) is 3.04. The second-order valence-corrected chi connectivity index (χ2v) is 6.01. The SMILES string of the molecule is CC[NH+](CC)CC[NH2+]Cc1ccc(-c2ccc(OC)c(Cl)c2)o1. The van der Waals surface area contributed by atoms with Crippen molar-refractivity contribution in [2.75, 3.05) is 33.3 Å². The minimum absolute atomic E-state index is 0.594. The molecule has 3 N–H and O–H groups in total. The molecule has 0 aliphatic carbocycles. The Morgan fingerprint density at radius 1 is 1.17 bits per heavy atom. The maximum atomic E-state index is 6.17. The summed E-state index contributed by atoms with van der Waals surface area (Å²) in [5.41, 5.74) is 0.967. The van der Waals surface area contributed by atoms with Gasteiger partial charge in [0.25, 0.3) is 0 Å². The first-order chi connectivity index (χ1) is 11.2. The smallest absolute Gasteiger partial charge is 0.158 e. The average molecular weight is 339 g/mol. The van der Waals surface area contributed by atoms with Crippen LogP contribution in [0.25, 0.3) is 11.3 Å². The Bertz CT molecular complexity index is 609. The van der Waals surface area contributed by atoms with E-state index in [1.807, 2.05) is 30.3 Å². The highest BCUT2D eigenvalue weighted by Gasteiger charge is 2.09. The minimum Gasteiger partial charge on any atom is -0.495 e. The molecule has 2 rings (SSSR count). The maximum absolute atomic E-state index is 6.17. The molecule has 0 atom stereocenters. The first-order valence-electron chi connectivity index (χ1n) is 8.25. The summed E-state index contributed by atoms with van der Waals surface area (Å²) in [6, 6.07) is 9.72. The quantitative estimate of drug-likeness (QED) is 0.682. The van der Waals surface area contributed by atoms with Gasteiger partial charge in [-0.15, -0.1) is 0 Å². The molecule has 0 radical (unpaired) electrons. The Morgan fingerprint density at radius 3 is 2.61 bits per heavy atom. The number of ether oxygens (including phenoxy) is 1. The first-order valence-corrected chi connectivity index (χ1v) is 8.63. The van der Waals surface area contributed by atoms with Crippen molar-refractivity contribution in [3.8, 4) is 17.1 Å². The fraction of sp³-hybridized carbons (Fsp3) is 0.444. The van der Waals surface area contributed by atoms with Crippen LogP contribution in [0.5, 0.6) is 5.75 Å². The summed E-state index contributed by atoms with van der Waals surface area (Å²) in [5, 5.41) is 2.89. The molecular weight excluding hydrogens is 312 g/mol. The van der Waals surface area contributed by atoms with Crippen molar-refractivity contribution in [2.45, 2.75) is 20.4 Å². The van der Waals surface area contributed by atoms with E-state index in [1.54, 1.807) is 12.0 Å². The molecule has 5 heteroatoms. The molecule has 0 saturated carbocycles. The van der Waals surface area contributed by atoms with Crippen molar-refractivity contribution < 1.29 is 19.4 Å². The second kappa shape index (κ2) is 8.96. The molecule has 126 valence electrons. The number of quaternary nitrogens is 2. The molecule has 1 aromatic carbocycles. The predicted octanol–water partition coefficient (Wildman–Crippen LogP) is 1.60. The fourth-order valence-corrected chi connectivity index (χ4v) is 2.87. The van der Waals surface area contributed by atoms with Crippen LogP contribution in [0.3, 0.4) is 0 Å². The number of nitrogens with one attached hydrogen (secondary N) is 1. The fourth-order valence-electron chi connectivity index (χ4n) is 2.62. The zero-order valence-corrected chi connectivity index (χ0v) is 15.0. The van der Waals surface area contributed by atoms with Crippen LogP contribution in [0.4, 0.5) is 0 Å². The third-order valence-electron chi connectivity index (χ3n) is 4.15. The van der Waals surface area contributed by atoms with Gasteiger partial charge in [0.15, 0.2) is 5.76 Å². The number of furan rings is 1. The molecular formula is C18H27ClN2O2+2. The van der Waals surface area contributed by atoms with Crippen LogP contribution in [0.2, 0.25) is 5.02 Å². The van der Waals surface area contributed by atoms with Crippen molar-refractivity contribution in [2.24, 2.45) is 0 Å². The van der Waals surface area contributed by atoms with E-state index in [0.29, 0.717) is 10.8 Å². The van der Waals surface area contributed by atoms with Gasteiger partial charge < -0.3 is 19.4 Å². The second-order valence-electron chi connectivity index (χ2n) is 5.60. The van der Waals surface area contributed by atoms with E-state index in [9.17, 15) is 0 Å². The van der Waals surface area contributed by atoms with Gasteiger partial charge in [0.05, 0.1) is 25.2 Å². The van der Waals surface area contributed by atoms with E-state index >= 15 is 0 Å².